The third-order valence-electron chi connectivity index (χ3n) is 3.35. The third kappa shape index (κ3) is 2.49. The molecule has 2 nitrogen and oxygen atoms in total. The van der Waals surface area contributed by atoms with Crippen LogP contribution < -0.4 is 4.90 Å². The minimum atomic E-state index is 0.680. The largest absolute Gasteiger partial charge is 0.368 e. The van der Waals surface area contributed by atoms with Gasteiger partial charge in [0.05, 0.1) is 0 Å². The Balaban J connectivity index is 2.10. The Kier molecular flexibility index (Phi) is 4.05. The van der Waals surface area contributed by atoms with Crippen LogP contribution in [-0.4, -0.2) is 23.5 Å². The van der Waals surface area contributed by atoms with E-state index in [4.69, 9.17) is 11.6 Å². The number of rotatable bonds is 4. The zero-order chi connectivity index (χ0) is 11.4. The molecule has 1 unspecified atom stereocenters. The summed E-state index contributed by atoms with van der Waals surface area (Å²) in [7, 11) is 0. The van der Waals surface area contributed by atoms with Crippen LogP contribution in [0.25, 0.3) is 0 Å². The van der Waals surface area contributed by atoms with Gasteiger partial charge in [-0.15, -0.1) is 11.6 Å². The van der Waals surface area contributed by atoms with Crippen LogP contribution in [0.15, 0.2) is 18.5 Å². The minimum absolute atomic E-state index is 0.680. The Morgan fingerprint density at radius 1 is 1.56 bits per heavy atom. The number of alkyl halides is 1. The van der Waals surface area contributed by atoms with Gasteiger partial charge in [0.2, 0.25) is 0 Å². The lowest BCUT2D eigenvalue weighted by Crippen LogP contribution is -2.29. The molecule has 88 valence electrons. The summed E-state index contributed by atoms with van der Waals surface area (Å²) in [6.45, 7) is 3.32. The summed E-state index contributed by atoms with van der Waals surface area (Å²) < 4.78 is 0. The van der Waals surface area contributed by atoms with E-state index in [1.807, 2.05) is 12.4 Å². The molecule has 0 N–H and O–H groups in total. The Morgan fingerprint density at radius 2 is 2.44 bits per heavy atom. The molecule has 2 heterocycles. The van der Waals surface area contributed by atoms with E-state index < -0.39 is 0 Å². The molecular weight excluding hydrogens is 220 g/mol. The van der Waals surface area contributed by atoms with Gasteiger partial charge in [-0.25, -0.2) is 0 Å². The average Bonchev–Trinajstić information content (AvgIpc) is 2.75. The zero-order valence-corrected chi connectivity index (χ0v) is 10.6. The van der Waals surface area contributed by atoms with Gasteiger partial charge in [0.25, 0.3) is 0 Å². The van der Waals surface area contributed by atoms with Crippen molar-refractivity contribution in [3.8, 4) is 0 Å². The molecule has 0 radical (unpaired) electrons. The fraction of sp³-hybridized carbons (Fsp3) is 0.615. The molecule has 0 bridgehead atoms. The standard InChI is InChI=1S/C13H19ClN2/c1-11-10-15-8-6-13(11)16-9-3-5-12(16)4-2-7-14/h6,8,10,12H,2-5,7,9H2,1H3. The molecule has 0 amide bonds. The maximum Gasteiger partial charge on any atom is 0.0429 e. The monoisotopic (exact) mass is 238 g/mol. The van der Waals surface area contributed by atoms with Crippen LogP contribution in [0.2, 0.25) is 0 Å². The van der Waals surface area contributed by atoms with Crippen LogP contribution in [-0.2, 0) is 0 Å². The molecule has 0 spiro atoms. The van der Waals surface area contributed by atoms with Crippen molar-refractivity contribution in [3.63, 3.8) is 0 Å². The van der Waals surface area contributed by atoms with Crippen molar-refractivity contribution in [3.05, 3.63) is 24.0 Å². The summed E-state index contributed by atoms with van der Waals surface area (Å²) >= 11 is 5.78. The smallest absolute Gasteiger partial charge is 0.0429 e. The second kappa shape index (κ2) is 5.53. The number of hydrogen-bond acceptors (Lipinski definition) is 2. The molecule has 16 heavy (non-hydrogen) atoms. The van der Waals surface area contributed by atoms with E-state index in [1.54, 1.807) is 0 Å². The molecule has 2 rings (SSSR count). The van der Waals surface area contributed by atoms with Gasteiger partial charge in [-0.05, 0) is 44.2 Å². The highest BCUT2D eigenvalue weighted by atomic mass is 35.5. The number of nitrogens with zero attached hydrogens (tertiary/aromatic N) is 2. The van der Waals surface area contributed by atoms with Gasteiger partial charge in [-0.2, -0.15) is 0 Å². The predicted molar refractivity (Wildman–Crippen MR) is 69.3 cm³/mol. The fourth-order valence-electron chi connectivity index (χ4n) is 2.55. The van der Waals surface area contributed by atoms with E-state index >= 15 is 0 Å². The van der Waals surface area contributed by atoms with Crippen molar-refractivity contribution in [1.29, 1.82) is 0 Å². The molecule has 1 fully saturated rings. The molecule has 0 aromatic carbocycles. The van der Waals surface area contributed by atoms with Gasteiger partial charge in [0.15, 0.2) is 0 Å². The number of hydrogen-bond donors (Lipinski definition) is 0. The first-order chi connectivity index (χ1) is 7.83. The topological polar surface area (TPSA) is 16.1 Å². The SMILES string of the molecule is Cc1cnccc1N1CCCC1CCCCl. The average molecular weight is 239 g/mol. The summed E-state index contributed by atoms with van der Waals surface area (Å²) in [5.41, 5.74) is 2.63. The molecule has 1 aliphatic rings. The normalized spacial score (nSPS) is 20.4. The van der Waals surface area contributed by atoms with Gasteiger partial charge in [-0.3, -0.25) is 4.98 Å². The zero-order valence-electron chi connectivity index (χ0n) is 9.82. The van der Waals surface area contributed by atoms with Crippen LogP contribution in [0.1, 0.15) is 31.2 Å². The third-order valence-corrected chi connectivity index (χ3v) is 3.62. The number of halogens is 1. The van der Waals surface area contributed by atoms with Gasteiger partial charge in [0.1, 0.15) is 0 Å². The number of anilines is 1. The highest BCUT2D eigenvalue weighted by molar-refractivity contribution is 6.17. The molecular formula is C13H19ClN2. The lowest BCUT2D eigenvalue weighted by Gasteiger charge is -2.28. The Bertz CT molecular complexity index is 340. The van der Waals surface area contributed by atoms with Crippen LogP contribution in [0.4, 0.5) is 5.69 Å². The Morgan fingerprint density at radius 3 is 3.19 bits per heavy atom. The van der Waals surface area contributed by atoms with Crippen molar-refractivity contribution in [2.45, 2.75) is 38.6 Å². The van der Waals surface area contributed by atoms with Crippen molar-refractivity contribution in [2.75, 3.05) is 17.3 Å². The van der Waals surface area contributed by atoms with Crippen molar-refractivity contribution < 1.29 is 0 Å². The molecule has 1 aromatic heterocycles. The van der Waals surface area contributed by atoms with Crippen LogP contribution in [0.5, 0.6) is 0 Å². The minimum Gasteiger partial charge on any atom is -0.368 e. The summed E-state index contributed by atoms with van der Waals surface area (Å²) in [5.74, 6) is 0.777. The molecule has 1 atom stereocenters. The van der Waals surface area contributed by atoms with Gasteiger partial charge >= 0.3 is 0 Å². The van der Waals surface area contributed by atoms with Crippen molar-refractivity contribution >= 4 is 17.3 Å². The van der Waals surface area contributed by atoms with E-state index in [2.05, 4.69) is 22.9 Å². The number of aryl methyl sites for hydroxylation is 1. The highest BCUT2D eigenvalue weighted by Gasteiger charge is 2.24. The summed E-state index contributed by atoms with van der Waals surface area (Å²) in [6, 6.07) is 2.81. The van der Waals surface area contributed by atoms with Gasteiger partial charge in [0, 0.05) is 36.5 Å². The number of pyridine rings is 1. The van der Waals surface area contributed by atoms with Crippen molar-refractivity contribution in [1.82, 2.24) is 4.98 Å². The molecule has 0 saturated carbocycles. The lowest BCUT2D eigenvalue weighted by molar-refractivity contribution is 0.601. The van der Waals surface area contributed by atoms with E-state index in [-0.39, 0.29) is 0 Å². The lowest BCUT2D eigenvalue weighted by atomic mass is 10.1. The van der Waals surface area contributed by atoms with E-state index in [0.29, 0.717) is 6.04 Å². The van der Waals surface area contributed by atoms with Crippen LogP contribution in [0, 0.1) is 6.92 Å². The summed E-state index contributed by atoms with van der Waals surface area (Å²) in [6.07, 6.45) is 8.77. The Hall–Kier alpha value is -0.760. The molecule has 1 saturated heterocycles. The maximum atomic E-state index is 5.78. The van der Waals surface area contributed by atoms with Crippen LogP contribution >= 0.6 is 11.6 Å². The number of aromatic nitrogens is 1. The van der Waals surface area contributed by atoms with Gasteiger partial charge in [-0.1, -0.05) is 0 Å². The first kappa shape index (κ1) is 11.7. The highest BCUT2D eigenvalue weighted by Crippen LogP contribution is 2.29. The van der Waals surface area contributed by atoms with Gasteiger partial charge < -0.3 is 4.90 Å². The van der Waals surface area contributed by atoms with E-state index in [0.717, 1.165) is 12.3 Å². The quantitative estimate of drug-likeness (QED) is 0.748. The van der Waals surface area contributed by atoms with E-state index in [9.17, 15) is 0 Å². The van der Waals surface area contributed by atoms with Crippen LogP contribution in [0.3, 0.4) is 0 Å². The summed E-state index contributed by atoms with van der Waals surface area (Å²) in [5, 5.41) is 0. The first-order valence-electron chi connectivity index (χ1n) is 6.06. The second-order valence-electron chi connectivity index (χ2n) is 4.48. The Labute approximate surface area is 103 Å². The van der Waals surface area contributed by atoms with E-state index in [1.165, 1.54) is 37.1 Å². The predicted octanol–water partition coefficient (Wildman–Crippen LogP) is 3.38. The fourth-order valence-corrected chi connectivity index (χ4v) is 2.71. The molecule has 0 aliphatic carbocycles. The summed E-state index contributed by atoms with van der Waals surface area (Å²) in [4.78, 5) is 6.69. The molecule has 3 heteroatoms. The first-order valence-corrected chi connectivity index (χ1v) is 6.59. The molecule has 1 aliphatic heterocycles. The second-order valence-corrected chi connectivity index (χ2v) is 4.86. The van der Waals surface area contributed by atoms with Crippen molar-refractivity contribution in [2.24, 2.45) is 0 Å². The molecule has 1 aromatic rings. The maximum absolute atomic E-state index is 5.78.